The molecule has 3 rings (SSSR count). The number of halogens is 10. The van der Waals surface area contributed by atoms with Crippen molar-refractivity contribution >= 4 is 23.1 Å². The van der Waals surface area contributed by atoms with E-state index in [1.165, 1.54) is 0 Å². The zero-order valence-corrected chi connectivity index (χ0v) is 16.9. The topological polar surface area (TPSA) is 9.23 Å². The number of benzene rings is 3. The first-order valence-corrected chi connectivity index (χ1v) is 9.02. The predicted molar refractivity (Wildman–Crippen MR) is 99.6 cm³/mol. The fourth-order valence-electron chi connectivity index (χ4n) is 3.48. The lowest BCUT2D eigenvalue weighted by Crippen LogP contribution is -2.60. The van der Waals surface area contributed by atoms with Crippen LogP contribution in [0.5, 0.6) is 5.75 Å². The van der Waals surface area contributed by atoms with E-state index in [1.807, 2.05) is 0 Å². The first kappa shape index (κ1) is 24.5. The van der Waals surface area contributed by atoms with E-state index < -0.39 is 98.1 Å². The molecule has 0 saturated heterocycles. The van der Waals surface area contributed by atoms with Crippen LogP contribution in [-0.2, 0) is 0 Å². The minimum atomic E-state index is -3.02. The predicted octanol–water partition coefficient (Wildman–Crippen LogP) is 4.22. The van der Waals surface area contributed by atoms with Crippen LogP contribution in [-0.4, -0.2) is 13.8 Å². The maximum atomic E-state index is 14.9. The lowest BCUT2D eigenvalue weighted by molar-refractivity contribution is 0.335. The first-order chi connectivity index (χ1) is 15.3. The van der Waals surface area contributed by atoms with E-state index in [2.05, 4.69) is 4.74 Å². The molecule has 0 aliphatic heterocycles. The van der Waals surface area contributed by atoms with Crippen LogP contribution < -0.4 is 21.1 Å². The quantitative estimate of drug-likeness (QED) is 0.309. The molecule has 0 N–H and O–H groups in total. The normalized spacial score (nSPS) is 11.2. The smallest absolute Gasteiger partial charge is 0.264 e. The average molecular weight is 480 g/mol. The number of hydrogen-bond acceptors (Lipinski definition) is 1. The van der Waals surface area contributed by atoms with Crippen LogP contribution in [0.4, 0.5) is 43.9 Å². The van der Waals surface area contributed by atoms with Gasteiger partial charge in [-0.3, -0.25) is 0 Å². The Hall–Kier alpha value is -3.18. The molecule has 0 aliphatic carbocycles. The molecule has 0 unspecified atom stereocenters. The monoisotopic (exact) mass is 480 g/mol. The molecule has 0 atom stereocenters. The van der Waals surface area contributed by atoms with Crippen molar-refractivity contribution in [2.24, 2.45) is 0 Å². The van der Waals surface area contributed by atoms with Crippen molar-refractivity contribution in [2.75, 3.05) is 7.11 Å². The molecule has 0 heterocycles. The van der Waals surface area contributed by atoms with E-state index in [-0.39, 0.29) is 0 Å². The molecule has 1 nitrogen and oxygen atoms in total. The number of rotatable bonds is 4. The summed E-state index contributed by atoms with van der Waals surface area (Å²) >= 11 is 0. The minimum absolute atomic E-state index is 0.327. The van der Waals surface area contributed by atoms with Gasteiger partial charge in [0.1, 0.15) is 11.6 Å². The highest BCUT2D eigenvalue weighted by molar-refractivity contribution is 6.95. The second-order valence-electron chi connectivity index (χ2n) is 7.07. The lowest BCUT2D eigenvalue weighted by Gasteiger charge is -2.22. The van der Waals surface area contributed by atoms with Gasteiger partial charge < -0.3 is 4.74 Å². The summed E-state index contributed by atoms with van der Waals surface area (Å²) < 4.78 is 150. The maximum absolute atomic E-state index is 14.9. The van der Waals surface area contributed by atoms with E-state index in [9.17, 15) is 43.9 Å². The van der Waals surface area contributed by atoms with Crippen LogP contribution >= 0.6 is 0 Å². The van der Waals surface area contributed by atoms with Crippen LogP contribution in [0.25, 0.3) is 0 Å². The number of hydrogen-bond donors (Lipinski definition) is 0. The van der Waals surface area contributed by atoms with Crippen molar-refractivity contribution in [1.82, 2.24) is 0 Å². The van der Waals surface area contributed by atoms with Crippen LogP contribution in [0.2, 0.25) is 0 Å². The highest BCUT2D eigenvalue weighted by atomic mass is 19.2. The number of aryl methyl sites for hydroxylation is 2. The summed E-state index contributed by atoms with van der Waals surface area (Å²) in [6.45, 7) is -1.22. The fourth-order valence-corrected chi connectivity index (χ4v) is 3.48. The summed E-state index contributed by atoms with van der Waals surface area (Å²) in [5, 5.41) is 0. The van der Waals surface area contributed by atoms with Crippen molar-refractivity contribution < 1.29 is 48.6 Å². The van der Waals surface area contributed by atoms with Crippen LogP contribution in [0.3, 0.4) is 0 Å². The van der Waals surface area contributed by atoms with Gasteiger partial charge in [0.25, 0.3) is 6.71 Å². The van der Waals surface area contributed by atoms with E-state index in [0.717, 1.165) is 13.8 Å². The van der Waals surface area contributed by atoms with E-state index in [1.54, 1.807) is 0 Å². The molecule has 0 aliphatic rings. The Labute approximate surface area is 180 Å². The Balaban J connectivity index is 2.60. The Kier molecular flexibility index (Phi) is 6.41. The van der Waals surface area contributed by atoms with Crippen LogP contribution in [0.1, 0.15) is 11.1 Å². The molecule has 12 heteroatoms. The molecule has 0 aromatic heterocycles. The summed E-state index contributed by atoms with van der Waals surface area (Å²) in [7, 11) is 0.640. The van der Waals surface area contributed by atoms with Crippen molar-refractivity contribution in [3.8, 4) is 5.75 Å². The SMILES string of the molecule is COc1c(F)c(F)c(B(c2c(F)cc(C)c(F)c2F)c2c(F)cc(C)c(F)c2F)c(F)c1F. The van der Waals surface area contributed by atoms with Gasteiger partial charge in [-0.05, 0) is 37.1 Å². The molecule has 174 valence electrons. The highest BCUT2D eigenvalue weighted by Crippen LogP contribution is 2.26. The van der Waals surface area contributed by atoms with Crippen molar-refractivity contribution in [2.45, 2.75) is 13.8 Å². The molecular weight excluding hydrogens is 469 g/mol. The van der Waals surface area contributed by atoms with Gasteiger partial charge in [0.05, 0.1) is 7.11 Å². The Morgan fingerprint density at radius 1 is 0.515 bits per heavy atom. The van der Waals surface area contributed by atoms with Gasteiger partial charge in [-0.1, -0.05) is 0 Å². The van der Waals surface area contributed by atoms with Gasteiger partial charge in [-0.25, -0.2) is 35.1 Å². The maximum Gasteiger partial charge on any atom is 0.264 e. The second kappa shape index (κ2) is 8.64. The highest BCUT2D eigenvalue weighted by Gasteiger charge is 2.42. The van der Waals surface area contributed by atoms with Crippen LogP contribution in [0, 0.1) is 72.0 Å². The largest absolute Gasteiger partial charge is 0.491 e. The lowest BCUT2D eigenvalue weighted by atomic mass is 9.36. The molecule has 33 heavy (non-hydrogen) atoms. The van der Waals surface area contributed by atoms with Gasteiger partial charge in [0.2, 0.25) is 11.6 Å². The summed E-state index contributed by atoms with van der Waals surface area (Å²) in [4.78, 5) is 0. The van der Waals surface area contributed by atoms with Crippen LogP contribution in [0.15, 0.2) is 12.1 Å². The third kappa shape index (κ3) is 3.70. The molecule has 0 amide bonds. The Morgan fingerprint density at radius 3 is 1.18 bits per heavy atom. The zero-order chi connectivity index (χ0) is 24.9. The summed E-state index contributed by atoms with van der Waals surface area (Å²) in [6, 6.07) is 0.653. The summed E-state index contributed by atoms with van der Waals surface area (Å²) in [6.07, 6.45) is 0. The van der Waals surface area contributed by atoms with Gasteiger partial charge in [-0.15, -0.1) is 0 Å². The van der Waals surface area contributed by atoms with Crippen molar-refractivity contribution in [1.29, 1.82) is 0 Å². The molecule has 3 aromatic rings. The standard InChI is InChI=1S/C21H11BF10O/c1-6-4-8(23)10(15(27)13(6)25)22(11-9(24)5-7(2)14(26)16(11)28)12-17(29)19(31)21(33-3)20(32)18(12)30/h4-5H,1-3H3. The van der Waals surface area contributed by atoms with Crippen molar-refractivity contribution in [3.63, 3.8) is 0 Å². The van der Waals surface area contributed by atoms with E-state index >= 15 is 0 Å². The molecule has 3 aromatic carbocycles. The molecule has 0 spiro atoms. The second-order valence-corrected chi connectivity index (χ2v) is 7.07. The molecular formula is C21H11BF10O. The Morgan fingerprint density at radius 2 is 0.848 bits per heavy atom. The van der Waals surface area contributed by atoms with E-state index in [0.29, 0.717) is 19.2 Å². The summed E-state index contributed by atoms with van der Waals surface area (Å²) in [5.41, 5.74) is -6.64. The van der Waals surface area contributed by atoms with Gasteiger partial charge in [-0.2, -0.15) is 8.78 Å². The third-order valence-corrected chi connectivity index (χ3v) is 5.08. The number of ether oxygens (including phenoxy) is 1. The first-order valence-electron chi connectivity index (χ1n) is 9.02. The average Bonchev–Trinajstić information content (AvgIpc) is 2.75. The Bertz CT molecular complexity index is 1200. The van der Waals surface area contributed by atoms with Gasteiger partial charge >= 0.3 is 0 Å². The molecule has 0 radical (unpaired) electrons. The van der Waals surface area contributed by atoms with Gasteiger partial charge in [0.15, 0.2) is 40.7 Å². The fraction of sp³-hybridized carbons (Fsp3) is 0.143. The number of methoxy groups -OCH3 is 1. The van der Waals surface area contributed by atoms with E-state index in [4.69, 9.17) is 0 Å². The van der Waals surface area contributed by atoms with Gasteiger partial charge in [0, 0.05) is 16.4 Å². The molecule has 0 bridgehead atoms. The van der Waals surface area contributed by atoms with Crippen molar-refractivity contribution in [3.05, 3.63) is 81.4 Å². The molecule has 0 fully saturated rings. The zero-order valence-electron chi connectivity index (χ0n) is 16.9. The third-order valence-electron chi connectivity index (χ3n) is 5.08. The summed E-state index contributed by atoms with van der Waals surface area (Å²) in [5.74, 6) is -22.1. The molecule has 0 saturated carbocycles. The minimum Gasteiger partial charge on any atom is -0.491 e.